The van der Waals surface area contributed by atoms with Gasteiger partial charge < -0.3 is 9.47 Å². The van der Waals surface area contributed by atoms with Crippen molar-refractivity contribution < 1.29 is 9.47 Å². The number of para-hydroxylation sites is 2. The van der Waals surface area contributed by atoms with Crippen molar-refractivity contribution in [1.29, 1.82) is 0 Å². The summed E-state index contributed by atoms with van der Waals surface area (Å²) in [5.74, 6) is 1.80. The molecule has 0 saturated carbocycles. The summed E-state index contributed by atoms with van der Waals surface area (Å²) >= 11 is 0. The number of ether oxygens (including phenoxy) is 2. The maximum atomic E-state index is 5.87. The summed E-state index contributed by atoms with van der Waals surface area (Å²) in [4.78, 5) is 0. The third kappa shape index (κ3) is 3.70. The van der Waals surface area contributed by atoms with Crippen molar-refractivity contribution in [2.45, 2.75) is 13.8 Å². The molecule has 0 saturated heterocycles. The lowest BCUT2D eigenvalue weighted by atomic mass is 9.93. The van der Waals surface area contributed by atoms with Crippen LogP contribution in [0.5, 0.6) is 11.5 Å². The lowest BCUT2D eigenvalue weighted by Crippen LogP contribution is -2.03. The lowest BCUT2D eigenvalue weighted by Gasteiger charge is -2.18. The molecule has 0 aliphatic carbocycles. The fourth-order valence-electron chi connectivity index (χ4n) is 3.02. The average molecular weight is 350 g/mol. The summed E-state index contributed by atoms with van der Waals surface area (Å²) in [6.45, 7) is 5.30. The van der Waals surface area contributed by atoms with Crippen LogP contribution < -0.4 is 14.8 Å². The predicted molar refractivity (Wildman–Crippen MR) is 109 cm³/mol. The van der Waals surface area contributed by atoms with E-state index in [2.05, 4.69) is 39.6 Å². The van der Waals surface area contributed by atoms with Gasteiger partial charge in [0.1, 0.15) is 11.5 Å². The van der Waals surface area contributed by atoms with Gasteiger partial charge in [0.2, 0.25) is 0 Å². The summed E-state index contributed by atoms with van der Waals surface area (Å²) in [5, 5.41) is 1.14. The van der Waals surface area contributed by atoms with Crippen LogP contribution in [0.1, 0.15) is 13.8 Å². The van der Waals surface area contributed by atoms with Crippen LogP contribution in [0.2, 0.25) is 0 Å². The van der Waals surface area contributed by atoms with Gasteiger partial charge in [-0.1, -0.05) is 54.6 Å². The second kappa shape index (κ2) is 8.18. The molecule has 0 spiro atoms. The van der Waals surface area contributed by atoms with Crippen LogP contribution in [0, 0.1) is 0 Å². The van der Waals surface area contributed by atoms with Gasteiger partial charge in [-0.25, -0.2) is 0 Å². The third-order valence-electron chi connectivity index (χ3n) is 4.03. The summed E-state index contributed by atoms with van der Waals surface area (Å²) < 4.78 is 11.7. The minimum atomic E-state index is 0.640. The van der Waals surface area contributed by atoms with Crippen molar-refractivity contribution in [3.63, 3.8) is 0 Å². The quantitative estimate of drug-likeness (QED) is 0.560. The molecular weight excluding hydrogens is 327 g/mol. The molecule has 0 fully saturated rings. The Morgan fingerprint density at radius 1 is 0.640 bits per heavy atom. The van der Waals surface area contributed by atoms with E-state index >= 15 is 0 Å². The van der Waals surface area contributed by atoms with E-state index in [9.17, 15) is 0 Å². The number of benzene rings is 3. The van der Waals surface area contributed by atoms with E-state index in [4.69, 9.17) is 9.47 Å². The molecule has 0 radical (unpaired) electrons. The third-order valence-corrected chi connectivity index (χ3v) is 4.51. The highest BCUT2D eigenvalue weighted by Crippen LogP contribution is 2.40. The van der Waals surface area contributed by atoms with E-state index in [1.54, 1.807) is 0 Å². The van der Waals surface area contributed by atoms with E-state index in [1.165, 1.54) is 0 Å². The Morgan fingerprint density at radius 2 is 1.16 bits per heavy atom. The largest absolute Gasteiger partial charge is 0.493 e. The number of hydrogen-bond acceptors (Lipinski definition) is 2. The van der Waals surface area contributed by atoms with Crippen molar-refractivity contribution in [2.75, 3.05) is 13.2 Å². The second-order valence-electron chi connectivity index (χ2n) is 5.63. The van der Waals surface area contributed by atoms with Crippen LogP contribution in [-0.4, -0.2) is 13.2 Å². The Hall–Kier alpha value is -2.31. The minimum absolute atomic E-state index is 0.640. The molecule has 1 unspecified atom stereocenters. The molecule has 3 heteroatoms. The average Bonchev–Trinajstić information content (AvgIpc) is 2.63. The predicted octanol–water partition coefficient (Wildman–Crippen LogP) is 5.32. The van der Waals surface area contributed by atoms with Gasteiger partial charge in [-0.3, -0.25) is 0 Å². The van der Waals surface area contributed by atoms with E-state index in [0.29, 0.717) is 13.2 Å². The van der Waals surface area contributed by atoms with Crippen molar-refractivity contribution in [2.24, 2.45) is 0 Å². The zero-order valence-corrected chi connectivity index (χ0v) is 15.8. The Balaban J connectivity index is 2.24. The zero-order chi connectivity index (χ0) is 17.6. The summed E-state index contributed by atoms with van der Waals surface area (Å²) in [6, 6.07) is 22.7. The monoisotopic (exact) mass is 350 g/mol. The zero-order valence-electron chi connectivity index (χ0n) is 14.7. The Kier molecular flexibility index (Phi) is 5.73. The van der Waals surface area contributed by atoms with Crippen LogP contribution >= 0.6 is 9.24 Å². The SMILES string of the molecule is CCOc1ccccc1-c1cccc(P)c1-c1ccccc1OCC. The molecule has 0 bridgehead atoms. The molecule has 3 rings (SSSR count). The summed E-state index contributed by atoms with van der Waals surface area (Å²) in [5.41, 5.74) is 4.48. The molecule has 0 aromatic heterocycles. The number of rotatable bonds is 6. The van der Waals surface area contributed by atoms with Crippen molar-refractivity contribution in [3.8, 4) is 33.8 Å². The van der Waals surface area contributed by atoms with Crippen LogP contribution in [0.15, 0.2) is 66.7 Å². The van der Waals surface area contributed by atoms with Gasteiger partial charge >= 0.3 is 0 Å². The standard InChI is InChI=1S/C22H23O2P/c1-3-23-19-13-7-5-10-16(19)17-12-9-15-21(25)22(17)18-11-6-8-14-20(18)24-4-2/h5-15H,3-4,25H2,1-2H3. The molecule has 0 N–H and O–H groups in total. The summed E-state index contributed by atoms with van der Waals surface area (Å²) in [6.07, 6.45) is 0. The Bertz CT molecular complexity index is 858. The van der Waals surface area contributed by atoms with Gasteiger partial charge in [-0.15, -0.1) is 9.24 Å². The van der Waals surface area contributed by atoms with Crippen LogP contribution in [0.3, 0.4) is 0 Å². The first-order valence-corrected chi connectivity index (χ1v) is 9.16. The molecular formula is C22H23O2P. The molecule has 0 aliphatic heterocycles. The Labute approximate surface area is 152 Å². The van der Waals surface area contributed by atoms with Gasteiger partial charge in [0.15, 0.2) is 0 Å². The van der Waals surface area contributed by atoms with Crippen molar-refractivity contribution in [1.82, 2.24) is 0 Å². The van der Waals surface area contributed by atoms with Gasteiger partial charge in [-0.05, 0) is 36.8 Å². The maximum Gasteiger partial charge on any atom is 0.127 e. The van der Waals surface area contributed by atoms with Crippen LogP contribution in [0.25, 0.3) is 22.3 Å². The highest BCUT2D eigenvalue weighted by Gasteiger charge is 2.16. The summed E-state index contributed by atoms with van der Waals surface area (Å²) in [7, 11) is 2.85. The van der Waals surface area contributed by atoms with Crippen LogP contribution in [0.4, 0.5) is 0 Å². The molecule has 2 nitrogen and oxygen atoms in total. The van der Waals surface area contributed by atoms with E-state index in [1.807, 2.05) is 50.2 Å². The first-order chi connectivity index (χ1) is 12.3. The van der Waals surface area contributed by atoms with Gasteiger partial charge in [-0.2, -0.15) is 0 Å². The highest BCUT2D eigenvalue weighted by molar-refractivity contribution is 7.28. The maximum absolute atomic E-state index is 5.87. The fourth-order valence-corrected chi connectivity index (χ4v) is 3.44. The van der Waals surface area contributed by atoms with Gasteiger partial charge in [0.25, 0.3) is 0 Å². The minimum Gasteiger partial charge on any atom is -0.493 e. The fraction of sp³-hybridized carbons (Fsp3) is 0.182. The molecule has 1 atom stereocenters. The molecule has 0 heterocycles. The molecule has 0 aliphatic rings. The molecule has 25 heavy (non-hydrogen) atoms. The van der Waals surface area contributed by atoms with E-state index in [0.717, 1.165) is 39.1 Å². The highest BCUT2D eigenvalue weighted by atomic mass is 31.0. The topological polar surface area (TPSA) is 18.5 Å². The molecule has 3 aromatic carbocycles. The number of hydrogen-bond donors (Lipinski definition) is 0. The van der Waals surface area contributed by atoms with Crippen molar-refractivity contribution in [3.05, 3.63) is 66.7 Å². The molecule has 3 aromatic rings. The van der Waals surface area contributed by atoms with Crippen LogP contribution in [-0.2, 0) is 0 Å². The molecule has 128 valence electrons. The van der Waals surface area contributed by atoms with Gasteiger partial charge in [0.05, 0.1) is 13.2 Å². The normalized spacial score (nSPS) is 10.5. The smallest absolute Gasteiger partial charge is 0.127 e. The van der Waals surface area contributed by atoms with Crippen molar-refractivity contribution >= 4 is 14.5 Å². The Morgan fingerprint density at radius 3 is 1.80 bits per heavy atom. The first-order valence-electron chi connectivity index (χ1n) is 8.59. The first kappa shape index (κ1) is 17.5. The van der Waals surface area contributed by atoms with E-state index < -0.39 is 0 Å². The second-order valence-corrected chi connectivity index (χ2v) is 6.25. The lowest BCUT2D eigenvalue weighted by molar-refractivity contribution is 0.341. The molecule has 0 amide bonds. The van der Waals surface area contributed by atoms with Gasteiger partial charge in [0, 0.05) is 16.7 Å². The van der Waals surface area contributed by atoms with E-state index in [-0.39, 0.29) is 0 Å².